The van der Waals surface area contributed by atoms with Gasteiger partial charge in [-0.2, -0.15) is 0 Å². The monoisotopic (exact) mass is 708 g/mol. The van der Waals surface area contributed by atoms with Gasteiger partial charge < -0.3 is 0 Å². The smallest absolute Gasteiger partial charge is 0.00930 e. The molecule has 0 atom stereocenters. The number of fused-ring (bicyclic) bond motifs is 5. The van der Waals surface area contributed by atoms with Gasteiger partial charge in [0.05, 0.1) is 0 Å². The molecule has 0 radical (unpaired) electrons. The third-order valence-corrected chi connectivity index (χ3v) is 11.6. The summed E-state index contributed by atoms with van der Waals surface area (Å²) in [6, 6.07) is 80.7. The van der Waals surface area contributed by atoms with Crippen molar-refractivity contribution in [2.24, 2.45) is 0 Å². The Kier molecular flexibility index (Phi) is 7.60. The number of hydrogen-bond donors (Lipinski definition) is 0. The maximum Gasteiger partial charge on any atom is -0.00930 e. The Bertz CT molecular complexity index is 3210. The van der Waals surface area contributed by atoms with E-state index in [1.807, 2.05) is 0 Å². The zero-order valence-electron chi connectivity index (χ0n) is 30.8. The molecule has 0 aliphatic rings. The average Bonchev–Trinajstić information content (AvgIpc) is 3.27. The van der Waals surface area contributed by atoms with Gasteiger partial charge in [0.2, 0.25) is 0 Å². The molecule has 11 aromatic rings. The molecule has 0 heterocycles. The first-order valence-corrected chi connectivity index (χ1v) is 19.4. The fraction of sp³-hybridized carbons (Fsp3) is 0. The normalized spacial score (nSPS) is 11.6. The lowest BCUT2D eigenvalue weighted by Crippen LogP contribution is -1.91. The molecule has 56 heavy (non-hydrogen) atoms. The molecule has 0 unspecified atom stereocenters. The van der Waals surface area contributed by atoms with Gasteiger partial charge in [-0.15, -0.1) is 0 Å². The van der Waals surface area contributed by atoms with Crippen LogP contribution in [0.1, 0.15) is 0 Å². The SMILES string of the molecule is c1ccc2cc(-c3cc(-c4ccc5ccccc5c4)cc(-c4ccc(-c5ccc6ccccc6c5)c5ccc(-c6ccc7ccccc7c6)cc45)c3)ccc2c1. The van der Waals surface area contributed by atoms with Gasteiger partial charge >= 0.3 is 0 Å². The molecule has 0 aliphatic heterocycles. The standard InChI is InChI=1S/C56H36/c1-5-13-41-29-45(21-17-37(41)9-1)48-25-26-55-53(49-24-20-40-12-4-8-16-44(40)32-49)27-28-54(56(55)36-48)52-34-50(46-22-18-38-10-2-6-14-42(38)30-46)33-51(35-52)47-23-19-39-11-3-7-15-43(39)31-47/h1-36H. The molecule has 0 nitrogen and oxygen atoms in total. The van der Waals surface area contributed by atoms with Crippen LogP contribution < -0.4 is 0 Å². The van der Waals surface area contributed by atoms with E-state index in [9.17, 15) is 0 Å². The second-order valence-electron chi connectivity index (χ2n) is 15.0. The van der Waals surface area contributed by atoms with Crippen molar-refractivity contribution < 1.29 is 0 Å². The minimum absolute atomic E-state index is 1.20. The lowest BCUT2D eigenvalue weighted by Gasteiger charge is -2.17. The highest BCUT2D eigenvalue weighted by molar-refractivity contribution is 6.08. The third-order valence-electron chi connectivity index (χ3n) is 11.6. The largest absolute Gasteiger partial charge is 0.0616 e. The molecule has 0 aromatic heterocycles. The quantitative estimate of drug-likeness (QED) is 0.167. The van der Waals surface area contributed by atoms with Crippen molar-refractivity contribution in [2.75, 3.05) is 0 Å². The maximum absolute atomic E-state index is 2.41. The van der Waals surface area contributed by atoms with Crippen molar-refractivity contribution in [3.63, 3.8) is 0 Å². The van der Waals surface area contributed by atoms with E-state index in [0.717, 1.165) is 0 Å². The Labute approximate surface area is 326 Å². The maximum atomic E-state index is 2.41. The minimum atomic E-state index is 1.20. The van der Waals surface area contributed by atoms with Gasteiger partial charge in [-0.1, -0.05) is 170 Å². The van der Waals surface area contributed by atoms with E-state index in [2.05, 4.69) is 218 Å². The Balaban J connectivity index is 1.16. The van der Waals surface area contributed by atoms with Crippen molar-refractivity contribution in [2.45, 2.75) is 0 Å². The summed E-state index contributed by atoms with van der Waals surface area (Å²) in [5.41, 5.74) is 12.1. The molecule has 0 fully saturated rings. The van der Waals surface area contributed by atoms with Gasteiger partial charge in [0.25, 0.3) is 0 Å². The van der Waals surface area contributed by atoms with Gasteiger partial charge in [0.1, 0.15) is 0 Å². The first kappa shape index (κ1) is 32.2. The molecule has 11 aromatic carbocycles. The van der Waals surface area contributed by atoms with Crippen LogP contribution in [-0.2, 0) is 0 Å². The molecule has 0 amide bonds. The Morgan fingerprint density at radius 1 is 0.161 bits per heavy atom. The predicted molar refractivity (Wildman–Crippen MR) is 241 cm³/mol. The van der Waals surface area contributed by atoms with Crippen LogP contribution in [0.15, 0.2) is 218 Å². The Morgan fingerprint density at radius 3 is 0.946 bits per heavy atom. The zero-order valence-corrected chi connectivity index (χ0v) is 30.8. The van der Waals surface area contributed by atoms with Crippen LogP contribution in [0, 0.1) is 0 Å². The van der Waals surface area contributed by atoms with Gasteiger partial charge in [-0.3, -0.25) is 0 Å². The minimum Gasteiger partial charge on any atom is -0.0616 e. The van der Waals surface area contributed by atoms with E-state index >= 15 is 0 Å². The number of hydrogen-bond acceptors (Lipinski definition) is 0. The van der Waals surface area contributed by atoms with Gasteiger partial charge in [0, 0.05) is 0 Å². The molecule has 0 saturated heterocycles. The number of benzene rings is 11. The third kappa shape index (κ3) is 5.72. The van der Waals surface area contributed by atoms with Crippen molar-refractivity contribution in [1.29, 1.82) is 0 Å². The second kappa shape index (κ2) is 13.2. The van der Waals surface area contributed by atoms with E-state index in [1.54, 1.807) is 0 Å². The average molecular weight is 709 g/mol. The highest BCUT2D eigenvalue weighted by atomic mass is 14.2. The molecule has 0 saturated carbocycles. The van der Waals surface area contributed by atoms with E-state index in [1.165, 1.54) is 109 Å². The lowest BCUT2D eigenvalue weighted by molar-refractivity contribution is 1.59. The van der Waals surface area contributed by atoms with E-state index in [0.29, 0.717) is 0 Å². The topological polar surface area (TPSA) is 0 Å². The van der Waals surface area contributed by atoms with E-state index in [-0.39, 0.29) is 0 Å². The molecular weight excluding hydrogens is 673 g/mol. The summed E-state index contributed by atoms with van der Waals surface area (Å²) >= 11 is 0. The molecular formula is C56H36. The van der Waals surface area contributed by atoms with Crippen LogP contribution in [0.2, 0.25) is 0 Å². The first-order chi connectivity index (χ1) is 27.7. The lowest BCUT2D eigenvalue weighted by atomic mass is 9.87. The van der Waals surface area contributed by atoms with Crippen molar-refractivity contribution in [1.82, 2.24) is 0 Å². The van der Waals surface area contributed by atoms with Gasteiger partial charge in [-0.25, -0.2) is 0 Å². The van der Waals surface area contributed by atoms with Gasteiger partial charge in [-0.05, 0) is 158 Å². The first-order valence-electron chi connectivity index (χ1n) is 19.4. The summed E-state index contributed by atoms with van der Waals surface area (Å²) in [4.78, 5) is 0. The van der Waals surface area contributed by atoms with E-state index < -0.39 is 0 Å². The summed E-state index contributed by atoms with van der Waals surface area (Å²) in [5, 5.41) is 12.5. The predicted octanol–water partition coefficient (Wildman–Crippen LogP) is 15.8. The summed E-state index contributed by atoms with van der Waals surface area (Å²) in [5.74, 6) is 0. The van der Waals surface area contributed by atoms with Crippen LogP contribution in [-0.4, -0.2) is 0 Å². The summed E-state index contributed by atoms with van der Waals surface area (Å²) in [6.45, 7) is 0. The highest BCUT2D eigenvalue weighted by Crippen LogP contribution is 2.42. The molecule has 0 heteroatoms. The molecule has 11 rings (SSSR count). The Hall–Kier alpha value is -7.28. The molecule has 0 spiro atoms. The van der Waals surface area contributed by atoms with Crippen molar-refractivity contribution in [3.8, 4) is 55.6 Å². The van der Waals surface area contributed by atoms with Crippen LogP contribution in [0.3, 0.4) is 0 Å². The van der Waals surface area contributed by atoms with Crippen LogP contribution in [0.4, 0.5) is 0 Å². The molecule has 0 aliphatic carbocycles. The second-order valence-corrected chi connectivity index (χ2v) is 15.0. The van der Waals surface area contributed by atoms with Gasteiger partial charge in [0.15, 0.2) is 0 Å². The highest BCUT2D eigenvalue weighted by Gasteiger charge is 2.15. The fourth-order valence-corrected chi connectivity index (χ4v) is 8.61. The summed E-state index contributed by atoms with van der Waals surface area (Å²) in [7, 11) is 0. The molecule has 0 N–H and O–H groups in total. The van der Waals surface area contributed by atoms with Crippen LogP contribution in [0.25, 0.3) is 109 Å². The molecule has 0 bridgehead atoms. The Morgan fingerprint density at radius 2 is 0.482 bits per heavy atom. The van der Waals surface area contributed by atoms with E-state index in [4.69, 9.17) is 0 Å². The fourth-order valence-electron chi connectivity index (χ4n) is 8.61. The molecule has 260 valence electrons. The number of rotatable bonds is 5. The van der Waals surface area contributed by atoms with Crippen molar-refractivity contribution in [3.05, 3.63) is 218 Å². The zero-order chi connectivity index (χ0) is 37.0. The van der Waals surface area contributed by atoms with Crippen LogP contribution in [0.5, 0.6) is 0 Å². The summed E-state index contributed by atoms with van der Waals surface area (Å²) < 4.78 is 0. The summed E-state index contributed by atoms with van der Waals surface area (Å²) in [6.07, 6.45) is 0. The van der Waals surface area contributed by atoms with Crippen molar-refractivity contribution >= 4 is 53.9 Å². The van der Waals surface area contributed by atoms with Crippen LogP contribution >= 0.6 is 0 Å².